The molecule has 0 N–H and O–H groups in total. The van der Waals surface area contributed by atoms with E-state index in [4.69, 9.17) is 11.6 Å². The number of amides is 1. The van der Waals surface area contributed by atoms with Crippen LogP contribution in [0.25, 0.3) is 0 Å². The molecule has 2 nitrogen and oxygen atoms in total. The molecule has 1 aromatic carbocycles. The van der Waals surface area contributed by atoms with Crippen LogP contribution < -0.4 is 0 Å². The van der Waals surface area contributed by atoms with Crippen LogP contribution in [0.2, 0.25) is 0 Å². The maximum Gasteiger partial charge on any atom is 0.254 e. The Hall–Kier alpha value is -0.540. The highest BCUT2D eigenvalue weighted by atomic mass is 79.9. The fraction of sp³-hybridized carbons (Fsp3) is 0.417. The van der Waals surface area contributed by atoms with Crippen molar-refractivity contribution in [1.82, 2.24) is 4.90 Å². The topological polar surface area (TPSA) is 20.3 Å². The van der Waals surface area contributed by atoms with Gasteiger partial charge in [-0.25, -0.2) is 0 Å². The van der Waals surface area contributed by atoms with E-state index in [0.29, 0.717) is 19.0 Å². The molecule has 0 unspecified atom stereocenters. The van der Waals surface area contributed by atoms with Gasteiger partial charge in [0.1, 0.15) is 0 Å². The standard InChI is InChI=1S/C12H15BrClNO/c1-3-15(7-6-14)12(16)11-5-4-10(13)8-9(11)2/h4-5,8H,3,6-7H2,1-2H3. The maximum absolute atomic E-state index is 12.1. The van der Waals surface area contributed by atoms with E-state index in [-0.39, 0.29) is 5.91 Å². The van der Waals surface area contributed by atoms with Crippen LogP contribution in [0.5, 0.6) is 0 Å². The van der Waals surface area contributed by atoms with Crippen molar-refractivity contribution in [1.29, 1.82) is 0 Å². The van der Waals surface area contributed by atoms with Crippen molar-refractivity contribution < 1.29 is 4.79 Å². The molecule has 0 fully saturated rings. The maximum atomic E-state index is 12.1. The average Bonchev–Trinajstić information content (AvgIpc) is 2.25. The lowest BCUT2D eigenvalue weighted by Crippen LogP contribution is -2.32. The fourth-order valence-electron chi connectivity index (χ4n) is 1.54. The number of nitrogens with zero attached hydrogens (tertiary/aromatic N) is 1. The first-order valence-electron chi connectivity index (χ1n) is 5.21. The smallest absolute Gasteiger partial charge is 0.254 e. The van der Waals surface area contributed by atoms with Crippen LogP contribution in [0.4, 0.5) is 0 Å². The SMILES string of the molecule is CCN(CCCl)C(=O)c1ccc(Br)cc1C. The van der Waals surface area contributed by atoms with Crippen molar-refractivity contribution in [3.8, 4) is 0 Å². The zero-order chi connectivity index (χ0) is 12.1. The van der Waals surface area contributed by atoms with Gasteiger partial charge in [0, 0.05) is 29.0 Å². The van der Waals surface area contributed by atoms with Gasteiger partial charge in [-0.05, 0) is 37.6 Å². The van der Waals surface area contributed by atoms with Gasteiger partial charge in [-0.15, -0.1) is 11.6 Å². The number of carbonyl (C=O) groups is 1. The van der Waals surface area contributed by atoms with Crippen LogP contribution in [0.3, 0.4) is 0 Å². The van der Waals surface area contributed by atoms with Crippen molar-refractivity contribution in [2.45, 2.75) is 13.8 Å². The lowest BCUT2D eigenvalue weighted by Gasteiger charge is -2.20. The summed E-state index contributed by atoms with van der Waals surface area (Å²) in [5.41, 5.74) is 1.72. The number of rotatable bonds is 4. The van der Waals surface area contributed by atoms with Crippen molar-refractivity contribution in [3.05, 3.63) is 33.8 Å². The summed E-state index contributed by atoms with van der Waals surface area (Å²) in [6.45, 7) is 5.17. The van der Waals surface area contributed by atoms with Crippen molar-refractivity contribution in [2.75, 3.05) is 19.0 Å². The number of hydrogen-bond acceptors (Lipinski definition) is 1. The van der Waals surface area contributed by atoms with E-state index in [1.165, 1.54) is 0 Å². The van der Waals surface area contributed by atoms with Gasteiger partial charge in [0.25, 0.3) is 5.91 Å². The van der Waals surface area contributed by atoms with Gasteiger partial charge in [-0.3, -0.25) is 4.79 Å². The van der Waals surface area contributed by atoms with Gasteiger partial charge in [0.15, 0.2) is 0 Å². The minimum absolute atomic E-state index is 0.0492. The predicted octanol–water partition coefficient (Wildman–Crippen LogP) is 3.46. The normalized spacial score (nSPS) is 10.2. The predicted molar refractivity (Wildman–Crippen MR) is 71.2 cm³/mol. The summed E-state index contributed by atoms with van der Waals surface area (Å²) in [5.74, 6) is 0.517. The molecule has 1 rings (SSSR count). The lowest BCUT2D eigenvalue weighted by atomic mass is 10.1. The third-order valence-electron chi connectivity index (χ3n) is 2.44. The number of alkyl halides is 1. The minimum Gasteiger partial charge on any atom is -0.338 e. The van der Waals surface area contributed by atoms with Gasteiger partial charge in [0.05, 0.1) is 0 Å². The summed E-state index contributed by atoms with van der Waals surface area (Å²) >= 11 is 9.05. The Bertz CT molecular complexity index is 381. The highest BCUT2D eigenvalue weighted by Gasteiger charge is 2.15. The van der Waals surface area contributed by atoms with E-state index in [9.17, 15) is 4.79 Å². The van der Waals surface area contributed by atoms with E-state index in [2.05, 4.69) is 15.9 Å². The second-order valence-corrected chi connectivity index (χ2v) is 4.83. The molecule has 0 heterocycles. The Morgan fingerprint density at radius 3 is 2.69 bits per heavy atom. The second kappa shape index (κ2) is 6.26. The molecule has 0 saturated heterocycles. The zero-order valence-corrected chi connectivity index (χ0v) is 11.8. The van der Waals surface area contributed by atoms with Crippen molar-refractivity contribution >= 4 is 33.4 Å². The largest absolute Gasteiger partial charge is 0.338 e. The van der Waals surface area contributed by atoms with E-state index in [0.717, 1.165) is 15.6 Å². The fourth-order valence-corrected chi connectivity index (χ4v) is 2.22. The molecule has 0 aromatic heterocycles. The van der Waals surface area contributed by atoms with Crippen LogP contribution in [-0.4, -0.2) is 29.8 Å². The summed E-state index contributed by atoms with van der Waals surface area (Å²) in [4.78, 5) is 13.9. The quantitative estimate of drug-likeness (QED) is 0.780. The molecule has 0 bridgehead atoms. The highest BCUT2D eigenvalue weighted by Crippen LogP contribution is 2.17. The zero-order valence-electron chi connectivity index (χ0n) is 9.46. The molecule has 88 valence electrons. The van der Waals surface area contributed by atoms with Crippen LogP contribution in [0.15, 0.2) is 22.7 Å². The summed E-state index contributed by atoms with van der Waals surface area (Å²) in [7, 11) is 0. The first-order chi connectivity index (χ1) is 7.60. The number of hydrogen-bond donors (Lipinski definition) is 0. The summed E-state index contributed by atoms with van der Waals surface area (Å²) in [5, 5.41) is 0. The molecular weight excluding hydrogens is 289 g/mol. The summed E-state index contributed by atoms with van der Waals surface area (Å²) in [6.07, 6.45) is 0. The summed E-state index contributed by atoms with van der Waals surface area (Å²) < 4.78 is 0.988. The third kappa shape index (κ3) is 3.22. The van der Waals surface area contributed by atoms with E-state index < -0.39 is 0 Å². The van der Waals surface area contributed by atoms with Gasteiger partial charge in [0.2, 0.25) is 0 Å². The molecule has 4 heteroatoms. The Kier molecular flexibility index (Phi) is 5.29. The van der Waals surface area contributed by atoms with E-state index in [1.807, 2.05) is 32.0 Å². The van der Waals surface area contributed by atoms with Crippen LogP contribution in [0.1, 0.15) is 22.8 Å². The van der Waals surface area contributed by atoms with Crippen LogP contribution in [0, 0.1) is 6.92 Å². The highest BCUT2D eigenvalue weighted by molar-refractivity contribution is 9.10. The molecule has 0 saturated carbocycles. The monoisotopic (exact) mass is 303 g/mol. The van der Waals surface area contributed by atoms with Crippen molar-refractivity contribution in [3.63, 3.8) is 0 Å². The van der Waals surface area contributed by atoms with Crippen LogP contribution in [-0.2, 0) is 0 Å². The Morgan fingerprint density at radius 2 is 2.19 bits per heavy atom. The lowest BCUT2D eigenvalue weighted by molar-refractivity contribution is 0.0773. The van der Waals surface area contributed by atoms with Gasteiger partial charge < -0.3 is 4.90 Å². The van der Waals surface area contributed by atoms with Gasteiger partial charge in [-0.2, -0.15) is 0 Å². The number of benzene rings is 1. The Balaban J connectivity index is 2.94. The molecule has 0 aliphatic heterocycles. The number of carbonyl (C=O) groups excluding carboxylic acids is 1. The molecule has 0 aliphatic rings. The van der Waals surface area contributed by atoms with E-state index >= 15 is 0 Å². The molecule has 16 heavy (non-hydrogen) atoms. The molecule has 0 aliphatic carbocycles. The molecule has 1 aromatic rings. The second-order valence-electron chi connectivity index (χ2n) is 3.53. The number of halogens is 2. The first-order valence-corrected chi connectivity index (χ1v) is 6.54. The van der Waals surface area contributed by atoms with E-state index in [1.54, 1.807) is 4.90 Å². The number of aryl methyl sites for hydroxylation is 1. The summed E-state index contributed by atoms with van der Waals surface area (Å²) in [6, 6.07) is 5.68. The molecule has 0 spiro atoms. The molecular formula is C12H15BrClNO. The molecule has 0 atom stereocenters. The Morgan fingerprint density at radius 1 is 1.50 bits per heavy atom. The third-order valence-corrected chi connectivity index (χ3v) is 3.10. The first kappa shape index (κ1) is 13.5. The van der Waals surface area contributed by atoms with Crippen LogP contribution >= 0.6 is 27.5 Å². The minimum atomic E-state index is 0.0492. The molecule has 0 radical (unpaired) electrons. The molecule has 1 amide bonds. The van der Waals surface area contributed by atoms with Gasteiger partial charge >= 0.3 is 0 Å². The Labute approximate surface area is 110 Å². The van der Waals surface area contributed by atoms with Gasteiger partial charge in [-0.1, -0.05) is 15.9 Å². The van der Waals surface area contributed by atoms with Crippen molar-refractivity contribution in [2.24, 2.45) is 0 Å². The average molecular weight is 305 g/mol.